The molecule has 0 radical (unpaired) electrons. The summed E-state index contributed by atoms with van der Waals surface area (Å²) < 4.78 is 47.5. The van der Waals surface area contributed by atoms with Crippen LogP contribution in [0.3, 0.4) is 0 Å². The highest BCUT2D eigenvalue weighted by molar-refractivity contribution is 6.29. The summed E-state index contributed by atoms with van der Waals surface area (Å²) in [7, 11) is 0. The van der Waals surface area contributed by atoms with Crippen LogP contribution < -0.4 is 10.1 Å². The highest BCUT2D eigenvalue weighted by atomic mass is 35.5. The van der Waals surface area contributed by atoms with Gasteiger partial charge in [-0.2, -0.15) is 0 Å². The van der Waals surface area contributed by atoms with Crippen molar-refractivity contribution in [2.45, 2.75) is 19.4 Å². The number of carbonyl (C=O) groups excluding carboxylic acids is 1. The summed E-state index contributed by atoms with van der Waals surface area (Å²) >= 11 is 5.86. The first kappa shape index (κ1) is 24.0. The van der Waals surface area contributed by atoms with Crippen LogP contribution in [0.2, 0.25) is 5.15 Å². The minimum Gasteiger partial charge on any atom is -0.440 e. The van der Waals surface area contributed by atoms with Gasteiger partial charge in [0.1, 0.15) is 23.3 Å². The third-order valence-electron chi connectivity index (χ3n) is 4.65. The van der Waals surface area contributed by atoms with Gasteiger partial charge in [0, 0.05) is 11.3 Å². The van der Waals surface area contributed by atoms with Crippen molar-refractivity contribution in [1.82, 2.24) is 19.7 Å². The average molecular weight is 504 g/mol. The van der Waals surface area contributed by atoms with Crippen molar-refractivity contribution in [1.29, 1.82) is 0 Å². The van der Waals surface area contributed by atoms with Gasteiger partial charge >= 0.3 is 12.5 Å². The van der Waals surface area contributed by atoms with Crippen molar-refractivity contribution in [2.75, 3.05) is 5.32 Å². The van der Waals surface area contributed by atoms with Crippen LogP contribution in [0.15, 0.2) is 73.1 Å². The van der Waals surface area contributed by atoms with Gasteiger partial charge in [0.15, 0.2) is 5.82 Å². The van der Waals surface area contributed by atoms with Gasteiger partial charge < -0.3 is 9.47 Å². The minimum atomic E-state index is -4.76. The number of pyridine rings is 1. The molecule has 12 heteroatoms. The molecule has 0 saturated carbocycles. The highest BCUT2D eigenvalue weighted by Gasteiger charge is 2.31. The monoisotopic (exact) mass is 503 g/mol. The van der Waals surface area contributed by atoms with Crippen molar-refractivity contribution >= 4 is 23.4 Å². The van der Waals surface area contributed by atoms with Crippen molar-refractivity contribution in [3.05, 3.63) is 83.9 Å². The van der Waals surface area contributed by atoms with E-state index in [0.717, 1.165) is 0 Å². The lowest BCUT2D eigenvalue weighted by Gasteiger charge is -2.13. The lowest BCUT2D eigenvalue weighted by molar-refractivity contribution is -0.274. The SMILES string of the molecule is CC(OC(=O)Nc1ccc(-c2ncn(-c3ccc(OC(F)(F)F)cc3)n2)cc1)c1cccc(Cl)n1. The Labute approximate surface area is 202 Å². The number of carbonyl (C=O) groups is 1. The van der Waals surface area contributed by atoms with Crippen LogP contribution in [0.5, 0.6) is 5.75 Å². The maximum Gasteiger partial charge on any atom is 0.573 e. The maximum absolute atomic E-state index is 12.3. The Morgan fingerprint density at radius 3 is 2.43 bits per heavy atom. The fourth-order valence-electron chi connectivity index (χ4n) is 3.04. The normalized spacial score (nSPS) is 12.1. The maximum atomic E-state index is 12.3. The van der Waals surface area contributed by atoms with E-state index in [1.54, 1.807) is 49.4 Å². The number of benzene rings is 2. The fraction of sp³-hybridized carbons (Fsp3) is 0.130. The molecule has 0 saturated heterocycles. The summed E-state index contributed by atoms with van der Waals surface area (Å²) in [6, 6.07) is 17.0. The van der Waals surface area contributed by atoms with E-state index in [9.17, 15) is 18.0 Å². The predicted octanol–water partition coefficient (Wildman–Crippen LogP) is 6.19. The molecule has 1 atom stereocenters. The second-order valence-electron chi connectivity index (χ2n) is 7.19. The number of hydrogen-bond acceptors (Lipinski definition) is 6. The molecule has 4 rings (SSSR count). The number of ether oxygens (including phenoxy) is 2. The standard InChI is InChI=1S/C23H17ClF3N5O3/c1-14(19-3-2-4-20(24)30-19)34-22(33)29-16-7-5-15(6-8-16)21-28-13-32(31-21)17-9-11-18(12-10-17)35-23(25,26)27/h2-14H,1H3,(H,29,33). The Morgan fingerprint density at radius 2 is 1.77 bits per heavy atom. The van der Waals surface area contributed by atoms with Gasteiger partial charge in [-0.3, -0.25) is 5.32 Å². The van der Waals surface area contributed by atoms with Crippen LogP contribution in [-0.2, 0) is 4.74 Å². The average Bonchev–Trinajstić information content (AvgIpc) is 3.29. The first-order valence-corrected chi connectivity index (χ1v) is 10.5. The molecule has 0 aliphatic heterocycles. The van der Waals surface area contributed by atoms with Gasteiger partial charge in [0.2, 0.25) is 0 Å². The smallest absolute Gasteiger partial charge is 0.440 e. The van der Waals surface area contributed by atoms with E-state index < -0.39 is 18.6 Å². The number of halogens is 4. The van der Waals surface area contributed by atoms with Crippen LogP contribution >= 0.6 is 11.6 Å². The van der Waals surface area contributed by atoms with E-state index >= 15 is 0 Å². The van der Waals surface area contributed by atoms with Gasteiger partial charge in [-0.05, 0) is 67.6 Å². The number of alkyl halides is 3. The number of aromatic nitrogens is 4. The minimum absolute atomic E-state index is 0.303. The molecule has 0 fully saturated rings. The van der Waals surface area contributed by atoms with E-state index in [2.05, 4.69) is 25.1 Å². The zero-order chi connectivity index (χ0) is 25.0. The van der Waals surface area contributed by atoms with Crippen LogP contribution in [0.4, 0.5) is 23.7 Å². The van der Waals surface area contributed by atoms with E-state index in [-0.39, 0.29) is 5.75 Å². The van der Waals surface area contributed by atoms with E-state index in [1.807, 2.05) is 0 Å². The predicted molar refractivity (Wildman–Crippen MR) is 121 cm³/mol. The molecule has 0 bridgehead atoms. The topological polar surface area (TPSA) is 91.2 Å². The van der Waals surface area contributed by atoms with Crippen molar-refractivity contribution in [3.63, 3.8) is 0 Å². The number of hydrogen-bond donors (Lipinski definition) is 1. The largest absolute Gasteiger partial charge is 0.573 e. The van der Waals surface area contributed by atoms with Crippen LogP contribution in [0.25, 0.3) is 17.1 Å². The second kappa shape index (κ2) is 10.0. The fourth-order valence-corrected chi connectivity index (χ4v) is 3.21. The molecule has 8 nitrogen and oxygen atoms in total. The summed E-state index contributed by atoms with van der Waals surface area (Å²) in [6.07, 6.45) is -4.59. The van der Waals surface area contributed by atoms with Crippen molar-refractivity contribution in [2.24, 2.45) is 0 Å². The first-order valence-electron chi connectivity index (χ1n) is 10.1. The van der Waals surface area contributed by atoms with Gasteiger partial charge in [0.05, 0.1) is 11.4 Å². The van der Waals surface area contributed by atoms with E-state index in [0.29, 0.717) is 33.6 Å². The number of rotatable bonds is 6. The molecule has 0 aliphatic carbocycles. The summed E-state index contributed by atoms with van der Waals surface area (Å²) in [5, 5.41) is 7.27. The molecule has 1 N–H and O–H groups in total. The van der Waals surface area contributed by atoms with Gasteiger partial charge in [0.25, 0.3) is 0 Å². The van der Waals surface area contributed by atoms with Crippen LogP contribution in [0, 0.1) is 0 Å². The second-order valence-corrected chi connectivity index (χ2v) is 7.58. The quantitative estimate of drug-likeness (QED) is 0.315. The molecule has 2 aromatic carbocycles. The number of amides is 1. The molecule has 2 aromatic heterocycles. The molecular weight excluding hydrogens is 487 g/mol. The third kappa shape index (κ3) is 6.48. The lowest BCUT2D eigenvalue weighted by Crippen LogP contribution is -2.17. The summed E-state index contributed by atoms with van der Waals surface area (Å²) in [5.41, 5.74) is 2.18. The highest BCUT2D eigenvalue weighted by Crippen LogP contribution is 2.24. The zero-order valence-corrected chi connectivity index (χ0v) is 18.8. The molecule has 1 amide bonds. The van der Waals surface area contributed by atoms with Crippen molar-refractivity contribution in [3.8, 4) is 22.8 Å². The zero-order valence-electron chi connectivity index (χ0n) is 18.0. The lowest BCUT2D eigenvalue weighted by atomic mass is 10.2. The Balaban J connectivity index is 1.37. The van der Waals surface area contributed by atoms with Crippen LogP contribution in [0.1, 0.15) is 18.7 Å². The Morgan fingerprint density at radius 1 is 1.06 bits per heavy atom. The molecule has 2 heterocycles. The summed E-state index contributed by atoms with van der Waals surface area (Å²) in [5.74, 6) is 0.0526. The Bertz CT molecular complexity index is 1310. The molecule has 0 spiro atoms. The number of nitrogens with zero attached hydrogens (tertiary/aromatic N) is 4. The summed E-state index contributed by atoms with van der Waals surface area (Å²) in [4.78, 5) is 20.5. The number of nitrogens with one attached hydrogen (secondary N) is 1. The van der Waals surface area contributed by atoms with E-state index in [4.69, 9.17) is 16.3 Å². The molecule has 0 aliphatic rings. The molecule has 35 heavy (non-hydrogen) atoms. The van der Waals surface area contributed by atoms with Crippen LogP contribution in [-0.4, -0.2) is 32.2 Å². The molecule has 180 valence electrons. The van der Waals surface area contributed by atoms with Crippen molar-refractivity contribution < 1.29 is 27.4 Å². The molecule has 4 aromatic rings. The van der Waals surface area contributed by atoms with Gasteiger partial charge in [-0.1, -0.05) is 17.7 Å². The van der Waals surface area contributed by atoms with Gasteiger partial charge in [-0.25, -0.2) is 19.4 Å². The van der Waals surface area contributed by atoms with E-state index in [1.165, 1.54) is 35.3 Å². The Kier molecular flexibility index (Phi) is 6.87. The van der Waals surface area contributed by atoms with Gasteiger partial charge in [-0.15, -0.1) is 18.3 Å². The number of anilines is 1. The first-order chi connectivity index (χ1) is 16.7. The molecule has 1 unspecified atom stereocenters. The Hall–Kier alpha value is -4.12. The summed E-state index contributed by atoms with van der Waals surface area (Å²) in [6.45, 7) is 1.68. The molecular formula is C23H17ClF3N5O3. The third-order valence-corrected chi connectivity index (χ3v) is 4.86.